The number of carbonyl (C=O) groups excluding carboxylic acids is 1. The summed E-state index contributed by atoms with van der Waals surface area (Å²) in [5.74, 6) is -0.970. The minimum absolute atomic E-state index is 0.115. The number of nitrogens with one attached hydrogen (secondary N) is 1. The first-order valence-electron chi connectivity index (χ1n) is 7.23. The van der Waals surface area contributed by atoms with Crippen molar-refractivity contribution < 1.29 is 22.8 Å². The fourth-order valence-corrected chi connectivity index (χ4v) is 2.04. The highest BCUT2D eigenvalue weighted by atomic mass is 19.1. The maximum absolute atomic E-state index is 13.7. The second-order valence-electron chi connectivity index (χ2n) is 4.93. The van der Waals surface area contributed by atoms with Gasteiger partial charge in [-0.1, -0.05) is 23.4 Å². The first-order chi connectivity index (χ1) is 12.1. The fraction of sp³-hybridized carbons (Fsp3) is 0. The highest BCUT2D eigenvalue weighted by Crippen LogP contribution is 2.25. The van der Waals surface area contributed by atoms with Crippen molar-refractivity contribution in [3.8, 4) is 11.3 Å². The minimum Gasteiger partial charge on any atom is -0.455 e. The zero-order chi connectivity index (χ0) is 17.6. The molecule has 3 rings (SSSR count). The van der Waals surface area contributed by atoms with E-state index in [1.807, 2.05) is 6.07 Å². The molecule has 7 heteroatoms. The van der Waals surface area contributed by atoms with Crippen molar-refractivity contribution >= 4 is 18.0 Å². The van der Waals surface area contributed by atoms with Gasteiger partial charge >= 0.3 is 6.09 Å². The summed E-state index contributed by atoms with van der Waals surface area (Å²) in [5, 5.41) is 5.98. The van der Waals surface area contributed by atoms with Crippen LogP contribution in [0.1, 0.15) is 5.76 Å². The van der Waals surface area contributed by atoms with Crippen LogP contribution in [0.15, 0.2) is 70.2 Å². The zero-order valence-corrected chi connectivity index (χ0v) is 12.8. The van der Waals surface area contributed by atoms with Crippen LogP contribution in [0.25, 0.3) is 11.3 Å². The predicted octanol–water partition coefficient (Wildman–Crippen LogP) is 4.81. The maximum Gasteiger partial charge on any atom is 0.437 e. The maximum atomic E-state index is 13.7. The molecule has 0 aliphatic rings. The highest BCUT2D eigenvalue weighted by molar-refractivity contribution is 5.85. The first kappa shape index (κ1) is 16.4. The van der Waals surface area contributed by atoms with Crippen LogP contribution < -0.4 is 5.32 Å². The number of hydrogen-bond donors (Lipinski definition) is 1. The largest absolute Gasteiger partial charge is 0.455 e. The van der Waals surface area contributed by atoms with Crippen molar-refractivity contribution in [1.29, 1.82) is 0 Å². The number of rotatable bonds is 4. The molecule has 126 valence electrons. The number of carbonyl (C=O) groups is 1. The smallest absolute Gasteiger partial charge is 0.437 e. The number of anilines is 1. The van der Waals surface area contributed by atoms with Gasteiger partial charge in [0.15, 0.2) is 0 Å². The van der Waals surface area contributed by atoms with Crippen molar-refractivity contribution in [1.82, 2.24) is 0 Å². The standard InChI is InChI=1S/C18H12F2N2O3/c19-12-6-8-15(16(20)10-12)17-9-7-14(24-17)11-21-25-18(23)22-13-4-2-1-3-5-13/h1-11H,(H,22,23)/b21-11+. The third-order valence-electron chi connectivity index (χ3n) is 3.16. The van der Waals surface area contributed by atoms with E-state index in [4.69, 9.17) is 4.42 Å². The van der Waals surface area contributed by atoms with Gasteiger partial charge in [-0.05, 0) is 36.4 Å². The Morgan fingerprint density at radius 3 is 2.64 bits per heavy atom. The number of halogens is 2. The Labute approximate surface area is 141 Å². The van der Waals surface area contributed by atoms with Gasteiger partial charge in [0.2, 0.25) is 0 Å². The Balaban J connectivity index is 1.61. The predicted molar refractivity (Wildman–Crippen MR) is 88.2 cm³/mol. The molecule has 5 nitrogen and oxygen atoms in total. The third-order valence-corrected chi connectivity index (χ3v) is 3.16. The lowest BCUT2D eigenvalue weighted by atomic mass is 10.1. The number of para-hydroxylation sites is 1. The van der Waals surface area contributed by atoms with Gasteiger partial charge in [0.1, 0.15) is 29.4 Å². The van der Waals surface area contributed by atoms with Gasteiger partial charge in [0.05, 0.1) is 5.56 Å². The molecule has 0 aliphatic heterocycles. The summed E-state index contributed by atoms with van der Waals surface area (Å²) >= 11 is 0. The van der Waals surface area contributed by atoms with Crippen LogP contribution in [0.5, 0.6) is 0 Å². The molecule has 0 atom stereocenters. The lowest BCUT2D eigenvalue weighted by molar-refractivity contribution is 0.167. The second-order valence-corrected chi connectivity index (χ2v) is 4.93. The molecule has 0 unspecified atom stereocenters. The summed E-state index contributed by atoms with van der Waals surface area (Å²) < 4.78 is 32.0. The van der Waals surface area contributed by atoms with Crippen molar-refractivity contribution in [3.63, 3.8) is 0 Å². The minimum atomic E-state index is -0.765. The molecule has 3 aromatic rings. The van der Waals surface area contributed by atoms with E-state index in [0.29, 0.717) is 5.69 Å². The number of oxime groups is 1. The molecule has 0 radical (unpaired) electrons. The molecule has 0 bridgehead atoms. The Kier molecular flexibility index (Phi) is 4.84. The van der Waals surface area contributed by atoms with E-state index in [2.05, 4.69) is 15.3 Å². The van der Waals surface area contributed by atoms with Crippen molar-refractivity contribution in [2.75, 3.05) is 5.32 Å². The van der Waals surface area contributed by atoms with Gasteiger partial charge < -0.3 is 4.42 Å². The number of furan rings is 1. The second kappa shape index (κ2) is 7.39. The van der Waals surface area contributed by atoms with Gasteiger partial charge in [-0.3, -0.25) is 10.2 Å². The van der Waals surface area contributed by atoms with Gasteiger partial charge in [-0.25, -0.2) is 13.6 Å². The molecule has 0 saturated carbocycles. The number of benzene rings is 2. The van der Waals surface area contributed by atoms with Crippen LogP contribution in [0.4, 0.5) is 19.3 Å². The van der Waals surface area contributed by atoms with Crippen LogP contribution in [-0.2, 0) is 4.84 Å². The van der Waals surface area contributed by atoms with Crippen LogP contribution in [-0.4, -0.2) is 12.3 Å². The van der Waals surface area contributed by atoms with E-state index in [-0.39, 0.29) is 17.1 Å². The summed E-state index contributed by atoms with van der Waals surface area (Å²) in [6.45, 7) is 0. The summed E-state index contributed by atoms with van der Waals surface area (Å²) in [5.41, 5.74) is 0.679. The lowest BCUT2D eigenvalue weighted by Crippen LogP contribution is -2.10. The van der Waals surface area contributed by atoms with Crippen LogP contribution in [0, 0.1) is 11.6 Å². The summed E-state index contributed by atoms with van der Waals surface area (Å²) in [6, 6.07) is 14.9. The zero-order valence-electron chi connectivity index (χ0n) is 12.8. The summed E-state index contributed by atoms with van der Waals surface area (Å²) in [4.78, 5) is 16.2. The topological polar surface area (TPSA) is 63.8 Å². The lowest BCUT2D eigenvalue weighted by Gasteiger charge is -2.01. The molecule has 25 heavy (non-hydrogen) atoms. The quantitative estimate of drug-likeness (QED) is 0.420. The SMILES string of the molecule is O=C(Nc1ccccc1)O/N=C/c1ccc(-c2ccc(F)cc2F)o1. The Morgan fingerprint density at radius 1 is 1.08 bits per heavy atom. The molecule has 1 amide bonds. The highest BCUT2D eigenvalue weighted by Gasteiger charge is 2.10. The third kappa shape index (κ3) is 4.29. The van der Waals surface area contributed by atoms with Crippen LogP contribution >= 0.6 is 0 Å². The van der Waals surface area contributed by atoms with Crippen LogP contribution in [0.2, 0.25) is 0 Å². The number of hydrogen-bond acceptors (Lipinski definition) is 4. The molecular weight excluding hydrogens is 330 g/mol. The molecule has 2 aromatic carbocycles. The van der Waals surface area contributed by atoms with E-state index >= 15 is 0 Å². The number of amides is 1. The van der Waals surface area contributed by atoms with Crippen molar-refractivity contribution in [2.45, 2.75) is 0 Å². The Morgan fingerprint density at radius 2 is 1.88 bits per heavy atom. The van der Waals surface area contributed by atoms with E-state index in [0.717, 1.165) is 18.3 Å². The van der Waals surface area contributed by atoms with Crippen molar-refractivity contribution in [2.24, 2.45) is 5.16 Å². The van der Waals surface area contributed by atoms with E-state index in [1.54, 1.807) is 24.3 Å². The molecular formula is C18H12F2N2O3. The summed E-state index contributed by atoms with van der Waals surface area (Å²) in [6.07, 6.45) is 0.397. The fourth-order valence-electron chi connectivity index (χ4n) is 2.04. The molecule has 0 saturated heterocycles. The molecule has 0 aliphatic carbocycles. The molecule has 0 spiro atoms. The van der Waals surface area contributed by atoms with Gasteiger partial charge in [0, 0.05) is 11.8 Å². The molecule has 1 N–H and O–H groups in total. The molecule has 1 heterocycles. The summed E-state index contributed by atoms with van der Waals surface area (Å²) in [7, 11) is 0. The molecule has 0 fully saturated rings. The van der Waals surface area contributed by atoms with E-state index in [1.165, 1.54) is 18.2 Å². The first-order valence-corrected chi connectivity index (χ1v) is 7.23. The van der Waals surface area contributed by atoms with Gasteiger partial charge in [-0.15, -0.1) is 0 Å². The van der Waals surface area contributed by atoms with Crippen LogP contribution in [0.3, 0.4) is 0 Å². The normalized spacial score (nSPS) is 10.8. The van der Waals surface area contributed by atoms with Gasteiger partial charge in [0.25, 0.3) is 0 Å². The number of nitrogens with zero attached hydrogens (tertiary/aromatic N) is 1. The van der Waals surface area contributed by atoms with Crippen molar-refractivity contribution in [3.05, 3.63) is 78.1 Å². The molecule has 1 aromatic heterocycles. The average Bonchev–Trinajstić information content (AvgIpc) is 3.04. The van der Waals surface area contributed by atoms with E-state index < -0.39 is 17.7 Å². The van der Waals surface area contributed by atoms with Gasteiger partial charge in [-0.2, -0.15) is 0 Å². The Bertz CT molecular complexity index is 908. The Hall–Kier alpha value is -3.48. The monoisotopic (exact) mass is 342 g/mol. The van der Waals surface area contributed by atoms with E-state index in [9.17, 15) is 13.6 Å². The average molecular weight is 342 g/mol.